The van der Waals surface area contributed by atoms with Crippen molar-refractivity contribution >= 4 is 27.3 Å². The van der Waals surface area contributed by atoms with Gasteiger partial charge in [0.2, 0.25) is 0 Å². The SMILES string of the molecule is O=C(COc1ccc(S(=O)(=O)Nc2cccc(C(F)(F)F)c2)cc1)Nc1ccc(F)cc1F. The zero-order chi connectivity index (χ0) is 24.2. The summed E-state index contributed by atoms with van der Waals surface area (Å²) in [6, 6.07) is 11.0. The lowest BCUT2D eigenvalue weighted by Gasteiger charge is -2.12. The molecule has 0 aliphatic heterocycles. The molecule has 1 amide bonds. The quantitative estimate of drug-likeness (QED) is 0.470. The van der Waals surface area contributed by atoms with Crippen LogP contribution < -0.4 is 14.8 Å². The molecule has 6 nitrogen and oxygen atoms in total. The molecule has 0 heterocycles. The van der Waals surface area contributed by atoms with E-state index >= 15 is 0 Å². The summed E-state index contributed by atoms with van der Waals surface area (Å²) < 4.78 is 97.0. The van der Waals surface area contributed by atoms with Crippen molar-refractivity contribution in [2.75, 3.05) is 16.6 Å². The maximum atomic E-state index is 13.6. The van der Waals surface area contributed by atoms with Gasteiger partial charge in [-0.2, -0.15) is 13.2 Å². The molecule has 0 aliphatic rings. The summed E-state index contributed by atoms with van der Waals surface area (Å²) >= 11 is 0. The molecule has 33 heavy (non-hydrogen) atoms. The molecule has 0 fully saturated rings. The Kier molecular flexibility index (Phi) is 6.86. The fourth-order valence-electron chi connectivity index (χ4n) is 2.61. The molecule has 3 aromatic carbocycles. The smallest absolute Gasteiger partial charge is 0.416 e. The molecule has 0 aromatic heterocycles. The summed E-state index contributed by atoms with van der Waals surface area (Å²) in [6.45, 7) is -0.550. The average Bonchev–Trinajstić information content (AvgIpc) is 2.74. The molecule has 0 saturated heterocycles. The minimum absolute atomic E-state index is 0.0998. The van der Waals surface area contributed by atoms with Crippen molar-refractivity contribution in [2.45, 2.75) is 11.1 Å². The number of alkyl halides is 3. The highest BCUT2D eigenvalue weighted by Crippen LogP contribution is 2.31. The Hall–Kier alpha value is -3.67. The average molecular weight is 486 g/mol. The second-order valence-electron chi connectivity index (χ2n) is 6.62. The Morgan fingerprint density at radius 3 is 2.27 bits per heavy atom. The molecule has 0 saturated carbocycles. The third-order valence-electron chi connectivity index (χ3n) is 4.15. The minimum atomic E-state index is -4.63. The van der Waals surface area contributed by atoms with E-state index in [1.165, 1.54) is 18.2 Å². The Morgan fingerprint density at radius 2 is 1.64 bits per heavy atom. The summed E-state index contributed by atoms with van der Waals surface area (Å²) in [7, 11) is -4.20. The van der Waals surface area contributed by atoms with E-state index in [0.29, 0.717) is 12.1 Å². The number of rotatable bonds is 7. The summed E-state index contributed by atoms with van der Waals surface area (Å²) in [5.41, 5.74) is -1.52. The van der Waals surface area contributed by atoms with Crippen LogP contribution in [-0.4, -0.2) is 20.9 Å². The predicted molar refractivity (Wildman–Crippen MR) is 109 cm³/mol. The van der Waals surface area contributed by atoms with Crippen LogP contribution in [0, 0.1) is 11.6 Å². The van der Waals surface area contributed by atoms with E-state index in [1.807, 2.05) is 0 Å². The zero-order valence-corrected chi connectivity index (χ0v) is 17.3. The molecular weight excluding hydrogens is 471 g/mol. The molecule has 0 bridgehead atoms. The van der Waals surface area contributed by atoms with E-state index in [2.05, 4.69) is 10.0 Å². The number of carbonyl (C=O) groups is 1. The van der Waals surface area contributed by atoms with Crippen LogP contribution in [-0.2, 0) is 21.0 Å². The number of halogens is 5. The minimum Gasteiger partial charge on any atom is -0.484 e. The molecule has 0 atom stereocenters. The molecule has 0 radical (unpaired) electrons. The second-order valence-corrected chi connectivity index (χ2v) is 8.30. The van der Waals surface area contributed by atoms with Crippen molar-refractivity contribution in [2.24, 2.45) is 0 Å². The van der Waals surface area contributed by atoms with Gasteiger partial charge in [0, 0.05) is 11.8 Å². The summed E-state index contributed by atoms with van der Waals surface area (Å²) in [6.07, 6.45) is -4.63. The van der Waals surface area contributed by atoms with Gasteiger partial charge in [-0.3, -0.25) is 9.52 Å². The van der Waals surface area contributed by atoms with Crippen LogP contribution in [0.25, 0.3) is 0 Å². The van der Waals surface area contributed by atoms with Crippen LogP contribution in [0.5, 0.6) is 5.75 Å². The predicted octanol–water partition coefficient (Wildman–Crippen LogP) is 4.80. The van der Waals surface area contributed by atoms with Gasteiger partial charge in [-0.1, -0.05) is 6.07 Å². The second kappa shape index (κ2) is 9.45. The van der Waals surface area contributed by atoms with Gasteiger partial charge in [-0.15, -0.1) is 0 Å². The Morgan fingerprint density at radius 1 is 0.939 bits per heavy atom. The lowest BCUT2D eigenvalue weighted by atomic mass is 10.2. The van der Waals surface area contributed by atoms with E-state index in [4.69, 9.17) is 4.74 Å². The lowest BCUT2D eigenvalue weighted by molar-refractivity contribution is -0.137. The molecule has 0 aliphatic carbocycles. The van der Waals surface area contributed by atoms with Crippen LogP contribution in [0.2, 0.25) is 0 Å². The zero-order valence-electron chi connectivity index (χ0n) is 16.5. The van der Waals surface area contributed by atoms with Crippen molar-refractivity contribution in [1.29, 1.82) is 0 Å². The Bertz CT molecular complexity index is 1260. The number of hydrogen-bond acceptors (Lipinski definition) is 4. The highest BCUT2D eigenvalue weighted by Gasteiger charge is 2.30. The number of ether oxygens (including phenoxy) is 1. The van der Waals surface area contributed by atoms with Gasteiger partial charge >= 0.3 is 6.18 Å². The topological polar surface area (TPSA) is 84.5 Å². The third-order valence-corrected chi connectivity index (χ3v) is 5.55. The molecular formula is C21H15F5N2O4S. The standard InChI is InChI=1S/C21H15F5N2O4S/c22-14-4-9-19(18(23)11-14)27-20(29)12-32-16-5-7-17(8-6-16)33(30,31)28-15-3-1-2-13(10-15)21(24,25)26/h1-11,28H,12H2,(H,27,29). The summed E-state index contributed by atoms with van der Waals surface area (Å²) in [5.74, 6) is -2.42. The van der Waals surface area contributed by atoms with Crippen LogP contribution in [0.3, 0.4) is 0 Å². The number of hydrogen-bond donors (Lipinski definition) is 2. The van der Waals surface area contributed by atoms with Gasteiger partial charge in [-0.25, -0.2) is 17.2 Å². The fraction of sp³-hybridized carbons (Fsp3) is 0.0952. The van der Waals surface area contributed by atoms with Crippen molar-refractivity contribution in [1.82, 2.24) is 0 Å². The van der Waals surface area contributed by atoms with Crippen LogP contribution >= 0.6 is 0 Å². The Labute approximate surface area is 185 Å². The first kappa shape index (κ1) is 24.0. The monoisotopic (exact) mass is 486 g/mol. The molecule has 0 unspecified atom stereocenters. The van der Waals surface area contributed by atoms with Gasteiger partial charge in [0.15, 0.2) is 6.61 Å². The molecule has 3 rings (SSSR count). The van der Waals surface area contributed by atoms with Crippen molar-refractivity contribution in [3.8, 4) is 5.75 Å². The van der Waals surface area contributed by atoms with E-state index in [0.717, 1.165) is 36.4 Å². The summed E-state index contributed by atoms with van der Waals surface area (Å²) in [5, 5.41) is 2.19. The van der Waals surface area contributed by atoms with Crippen molar-refractivity contribution < 1.29 is 39.9 Å². The molecule has 12 heteroatoms. The molecule has 174 valence electrons. The van der Waals surface area contributed by atoms with Crippen molar-refractivity contribution in [3.63, 3.8) is 0 Å². The number of amides is 1. The van der Waals surface area contributed by atoms with E-state index in [9.17, 15) is 35.2 Å². The number of nitrogens with one attached hydrogen (secondary N) is 2. The first-order chi connectivity index (χ1) is 15.4. The summed E-state index contributed by atoms with van der Waals surface area (Å²) in [4.78, 5) is 11.6. The van der Waals surface area contributed by atoms with Gasteiger partial charge in [0.05, 0.1) is 16.1 Å². The van der Waals surface area contributed by atoms with Gasteiger partial charge in [-0.05, 0) is 54.6 Å². The fourth-order valence-corrected chi connectivity index (χ4v) is 3.66. The van der Waals surface area contributed by atoms with Crippen LogP contribution in [0.1, 0.15) is 5.56 Å². The first-order valence-corrected chi connectivity index (χ1v) is 10.6. The first-order valence-electron chi connectivity index (χ1n) is 9.12. The lowest BCUT2D eigenvalue weighted by Crippen LogP contribution is -2.21. The Balaban J connectivity index is 1.61. The van der Waals surface area contributed by atoms with E-state index in [-0.39, 0.29) is 22.0 Å². The molecule has 0 spiro atoms. The highest BCUT2D eigenvalue weighted by atomic mass is 32.2. The maximum absolute atomic E-state index is 13.6. The van der Waals surface area contributed by atoms with E-state index < -0.39 is 45.9 Å². The van der Waals surface area contributed by atoms with Gasteiger partial charge < -0.3 is 10.1 Å². The normalized spacial score (nSPS) is 11.7. The number of anilines is 2. The van der Waals surface area contributed by atoms with Gasteiger partial charge in [0.1, 0.15) is 17.4 Å². The van der Waals surface area contributed by atoms with Gasteiger partial charge in [0.25, 0.3) is 15.9 Å². The number of sulfonamides is 1. The van der Waals surface area contributed by atoms with Crippen molar-refractivity contribution in [3.05, 3.63) is 83.9 Å². The van der Waals surface area contributed by atoms with Crippen LogP contribution in [0.4, 0.5) is 33.3 Å². The third kappa shape index (κ3) is 6.42. The van der Waals surface area contributed by atoms with E-state index in [1.54, 1.807) is 0 Å². The highest BCUT2D eigenvalue weighted by molar-refractivity contribution is 7.92. The maximum Gasteiger partial charge on any atom is 0.416 e. The molecule has 2 N–H and O–H groups in total. The largest absolute Gasteiger partial charge is 0.484 e. The number of carbonyl (C=O) groups excluding carboxylic acids is 1. The van der Waals surface area contributed by atoms with Crippen LogP contribution in [0.15, 0.2) is 71.6 Å². The molecule has 3 aromatic rings. The number of benzene rings is 3.